The van der Waals surface area contributed by atoms with Crippen molar-refractivity contribution in [1.29, 1.82) is 0 Å². The Hall–Kier alpha value is -4.23. The van der Waals surface area contributed by atoms with Crippen LogP contribution in [0.2, 0.25) is 10.0 Å². The molecule has 0 aliphatic heterocycles. The summed E-state index contributed by atoms with van der Waals surface area (Å²) in [6.45, 7) is 33.0. The van der Waals surface area contributed by atoms with Gasteiger partial charge < -0.3 is 80.9 Å². The van der Waals surface area contributed by atoms with Crippen molar-refractivity contribution in [3.05, 3.63) is 129 Å². The average molecular weight is 1720 g/mol. The van der Waals surface area contributed by atoms with E-state index >= 15 is 0 Å². The molecule has 0 radical (unpaired) electrons. The molecule has 0 fully saturated rings. The molecule has 4 rings (SSSR count). The molecule has 0 aliphatic carbocycles. The van der Waals surface area contributed by atoms with Crippen molar-refractivity contribution in [1.82, 2.24) is 31.1 Å². The smallest absolute Gasteiger partial charge is 1.00 e. The second-order valence-electron chi connectivity index (χ2n) is 25.8. The van der Waals surface area contributed by atoms with E-state index in [-0.39, 0.29) is 201 Å². The fraction of sp³-hybridized carbons (Fsp3) is 0.529. The maximum Gasteiger partial charge on any atom is 1.00 e. The van der Waals surface area contributed by atoms with E-state index in [0.29, 0.717) is 65.1 Å². The van der Waals surface area contributed by atoms with E-state index in [9.17, 15) is 42.7 Å². The molecule has 2 unspecified atom stereocenters. The number of nitrogens with one attached hydrogen (secondary N) is 4. The Balaban J connectivity index is -0.000000726. The van der Waals surface area contributed by atoms with Gasteiger partial charge in [-0.05, 0) is 194 Å². The van der Waals surface area contributed by atoms with Gasteiger partial charge in [-0.3, -0.25) is 18.8 Å². The molecule has 4 aromatic carbocycles. The van der Waals surface area contributed by atoms with Crippen LogP contribution in [-0.2, 0) is 55.8 Å². The van der Waals surface area contributed by atoms with Gasteiger partial charge in [-0.25, -0.2) is 28.8 Å². The number of esters is 1. The molecule has 0 heterocycles. The van der Waals surface area contributed by atoms with E-state index in [2.05, 4.69) is 26.2 Å². The Morgan fingerprint density at radius 3 is 1.19 bits per heavy atom. The number of alkyl halides is 2. The first-order valence-corrected chi connectivity index (χ1v) is 32.8. The minimum Gasteiger partial charge on any atom is -1.00 e. The van der Waals surface area contributed by atoms with Gasteiger partial charge in [0.2, 0.25) is 0 Å². The zero-order chi connectivity index (χ0) is 76.7. The summed E-state index contributed by atoms with van der Waals surface area (Å²) < 4.78 is 53.7. The van der Waals surface area contributed by atoms with Crippen LogP contribution < -0.4 is 174 Å². The summed E-state index contributed by atoms with van der Waals surface area (Å²) in [6, 6.07) is 27.4. The molecule has 6 amide bonds. The van der Waals surface area contributed by atoms with Crippen molar-refractivity contribution in [2.75, 3.05) is 46.4 Å². The summed E-state index contributed by atoms with van der Waals surface area (Å²) in [6.07, 6.45) is -2.20. The molecule has 0 aliphatic rings. The summed E-state index contributed by atoms with van der Waals surface area (Å²) >= 11 is 17.6. The normalized spacial score (nSPS) is 11.5. The third-order valence-corrected chi connectivity index (χ3v) is 13.8. The molecule has 556 valence electrons. The first kappa shape index (κ1) is 98.8. The zero-order valence-electron chi connectivity index (χ0n) is 63.8. The van der Waals surface area contributed by atoms with Crippen molar-refractivity contribution in [3.8, 4) is 11.5 Å². The second kappa shape index (κ2) is 51.9. The third-order valence-electron chi connectivity index (χ3n) is 12.7. The summed E-state index contributed by atoms with van der Waals surface area (Å²) in [5.74, 6) is -1.47. The van der Waals surface area contributed by atoms with E-state index < -0.39 is 77.7 Å². The van der Waals surface area contributed by atoms with Gasteiger partial charge in [-0.15, -0.1) is 0 Å². The largest absolute Gasteiger partial charge is 1.00 e. The molecule has 2 atom stereocenters. The number of hydrogen-bond donors (Lipinski definition) is 5. The van der Waals surface area contributed by atoms with Crippen LogP contribution in [0.4, 0.5) is 23.6 Å². The molecule has 4 aromatic rings. The average Bonchev–Trinajstić information content (AvgIpc) is 0.832. The number of amides is 6. The minimum atomic E-state index is -1.40. The van der Waals surface area contributed by atoms with Gasteiger partial charge in [0.25, 0.3) is 24.6 Å². The molecule has 25 nitrogen and oxygen atoms in total. The van der Waals surface area contributed by atoms with E-state index in [1.807, 2.05) is 65.8 Å². The number of carboxylic acid groups (broad SMARTS) is 1. The zero-order valence-corrected chi connectivity index (χ0v) is 76.7. The van der Waals surface area contributed by atoms with Gasteiger partial charge >= 0.3 is 174 Å². The summed E-state index contributed by atoms with van der Waals surface area (Å²) in [5, 5.41) is 29.6. The quantitative estimate of drug-likeness (QED) is 0.00756. The topological polar surface area (TPSA) is 325 Å². The molecule has 0 aromatic heterocycles. The number of aliphatic carboxylic acids is 1. The molecule has 101 heavy (non-hydrogen) atoms. The molecule has 0 saturated carbocycles. The van der Waals surface area contributed by atoms with Gasteiger partial charge in [0.1, 0.15) is 22.7 Å². The number of alkyl carbamates (subject to hydrolysis) is 2. The van der Waals surface area contributed by atoms with E-state index in [1.54, 1.807) is 142 Å². The molecule has 0 bridgehead atoms. The minimum absolute atomic E-state index is 0. The fourth-order valence-corrected chi connectivity index (χ4v) is 7.82. The second-order valence-corrected chi connectivity index (χ2v) is 27.2. The van der Waals surface area contributed by atoms with Crippen LogP contribution in [0.1, 0.15) is 159 Å². The predicted octanol–water partition coefficient (Wildman–Crippen LogP) is 6.64. The number of ether oxygens (including phenoxy) is 7. The van der Waals surface area contributed by atoms with Crippen LogP contribution in [0.3, 0.4) is 0 Å². The third kappa shape index (κ3) is 45.0. The van der Waals surface area contributed by atoms with Crippen LogP contribution in [0.15, 0.2) is 97.1 Å². The molecular weight excluding hydrogens is 1620 g/mol. The summed E-state index contributed by atoms with van der Waals surface area (Å²) in [4.78, 5) is 111. The fourth-order valence-electron chi connectivity index (χ4n) is 7.49. The van der Waals surface area contributed by atoms with Gasteiger partial charge in [0, 0.05) is 84.4 Å². The Bertz CT molecular complexity index is 3140. The molecule has 5 N–H and O–H groups in total. The molecule has 31 heteroatoms. The Kier molecular flexibility index (Phi) is 50.8. The number of carbonyl (C=O) groups is 9. The first-order valence-electron chi connectivity index (χ1n) is 32.3. The Labute approximate surface area is 730 Å². The SMILES string of the molecule is CC(C)(Oc1ccc(CCNC(=O)c2ccc(Cl)cc2)cc1)C(=O)O.CC(C)C(Cl)OC(=O)N(CCNC(=O)OC(C)(C)C)C(C)C.CC(C)C(OC(=O)N(CCNC(=O)OC(C)(C)C)C(C)C)OC(=O)C(C)(C)Oc1ccc(CCNC(=O)c2ccc(Cl)cc2)cc1.O=CO[O-].[2H]CF.[Cs+].[Cs+].[H-]. The molecule has 0 spiro atoms. The van der Waals surface area contributed by atoms with Crippen LogP contribution in [-0.4, -0.2) is 162 Å². The monoisotopic (exact) mass is 1720 g/mol. The van der Waals surface area contributed by atoms with Crippen LogP contribution in [0.25, 0.3) is 0 Å². The van der Waals surface area contributed by atoms with Gasteiger partial charge in [0.05, 0.1) is 8.52 Å². The Morgan fingerprint density at radius 2 is 0.891 bits per heavy atom. The number of nitrogens with zero attached hydrogens (tertiary/aromatic N) is 2. The van der Waals surface area contributed by atoms with Crippen LogP contribution >= 0.6 is 34.8 Å². The van der Waals surface area contributed by atoms with E-state index in [4.69, 9.17) is 84.5 Å². The number of carboxylic acids is 1. The molecular formula is C70H102Cl3Cs2FN6O19. The predicted molar refractivity (Wildman–Crippen MR) is 375 cm³/mol. The van der Waals surface area contributed by atoms with Crippen molar-refractivity contribution in [2.45, 2.75) is 184 Å². The number of hydrogen-bond acceptors (Lipinski definition) is 18. The number of carbonyl (C=O) groups excluding carboxylic acids is 8. The number of halogens is 4. The standard InChI is InChI=1S/C34H48ClN3O8.C19H20ClNO4.C15H29ClN2O4.CH3F.CH2O3.2Cs.H/c1-22(2)29(44-32(42)38(23(3)4)21-20-37-31(41)46-33(5,6)7)43-30(40)34(8,9)45-27-16-10-24(11-17-27)18-19-36-28(39)25-12-14-26(35)15-13-25;1-19(2,18(23)24)25-16-9-3-13(4-10-16)11-12-21-17(22)14-5-7-15(20)8-6-14;1-10(2)12(16)21-14(20)18(11(3)4)9-8-17-13(19)22-15(5,6)7;1-2;2-1-4-3;;;/h10-17,22-23,29H,18-21H2,1-9H3,(H,36,39)(H,37,41);3-10H,11-12H2,1-2H3,(H,21,22)(H,23,24);10-12H,8-9H2,1-7H3,(H,17,19);1H3;1,3H;;;/q;;;;;2*+1;-1/p-1/i;;;1D;;;;. The summed E-state index contributed by atoms with van der Waals surface area (Å²) in [7, 11) is -1.00. The Morgan fingerprint density at radius 1 is 0.554 bits per heavy atom. The van der Waals surface area contributed by atoms with Gasteiger partial charge in [-0.1, -0.05) is 86.8 Å². The number of benzene rings is 4. The van der Waals surface area contributed by atoms with Gasteiger partial charge in [-0.2, -0.15) is 0 Å². The number of rotatable bonds is 28. The van der Waals surface area contributed by atoms with Crippen LogP contribution in [0.5, 0.6) is 11.5 Å². The van der Waals surface area contributed by atoms with Crippen molar-refractivity contribution < 1.29 is 237 Å². The molecule has 0 saturated heterocycles. The van der Waals surface area contributed by atoms with E-state index in [0.717, 1.165) is 11.1 Å². The van der Waals surface area contributed by atoms with E-state index in [1.165, 1.54) is 23.6 Å². The maximum absolute atomic E-state index is 13.2. The summed E-state index contributed by atoms with van der Waals surface area (Å²) in [5.41, 5.74) is -1.49. The first-order chi connectivity index (χ1) is 46.4. The van der Waals surface area contributed by atoms with Crippen molar-refractivity contribution in [2.24, 2.45) is 11.8 Å². The van der Waals surface area contributed by atoms with Crippen LogP contribution in [0, 0.1) is 11.8 Å². The maximum atomic E-state index is 13.2. The van der Waals surface area contributed by atoms with Crippen molar-refractivity contribution >= 4 is 89.4 Å². The van der Waals surface area contributed by atoms with Gasteiger partial charge in [0.15, 0.2) is 16.8 Å². The van der Waals surface area contributed by atoms with Crippen molar-refractivity contribution in [3.63, 3.8) is 0 Å².